The van der Waals surface area contributed by atoms with E-state index in [0.717, 1.165) is 17.7 Å². The molecule has 0 fully saturated rings. The largest absolute Gasteiger partial charge is 0.375 e. The smallest absolute Gasteiger partial charge is 0.187 e. The number of aryl methyl sites for hydroxylation is 1. The molecule has 1 aliphatic heterocycles. The predicted octanol–water partition coefficient (Wildman–Crippen LogP) is 3.45. The minimum atomic E-state index is 0.128. The molecule has 2 aromatic rings. The summed E-state index contributed by atoms with van der Waals surface area (Å²) < 4.78 is 0. The average molecular weight is 301 g/mol. The van der Waals surface area contributed by atoms with Crippen molar-refractivity contribution in [3.63, 3.8) is 0 Å². The summed E-state index contributed by atoms with van der Waals surface area (Å²) in [4.78, 5) is 1.28. The van der Waals surface area contributed by atoms with Crippen LogP contribution < -0.4 is 5.73 Å². The molecule has 1 atom stereocenters. The van der Waals surface area contributed by atoms with Crippen molar-refractivity contribution >= 4 is 34.4 Å². The highest BCUT2D eigenvalue weighted by molar-refractivity contribution is 7.80. The summed E-state index contributed by atoms with van der Waals surface area (Å²) >= 11 is 6.89. The zero-order chi connectivity index (χ0) is 14.1. The molecule has 0 radical (unpaired) electrons. The zero-order valence-corrected chi connectivity index (χ0v) is 12.7. The van der Waals surface area contributed by atoms with Crippen molar-refractivity contribution in [2.24, 2.45) is 10.8 Å². The first-order valence-corrected chi connectivity index (χ1v) is 7.71. The number of benzene rings is 1. The van der Waals surface area contributed by atoms with Crippen LogP contribution in [-0.2, 0) is 0 Å². The SMILES string of the molecule is Cc1ccsc1C1CC(c2ccccc2)=NN1C(N)=S. The van der Waals surface area contributed by atoms with Gasteiger partial charge in [0.15, 0.2) is 5.11 Å². The lowest BCUT2D eigenvalue weighted by Gasteiger charge is -2.21. The molecule has 20 heavy (non-hydrogen) atoms. The second-order valence-corrected chi connectivity index (χ2v) is 6.15. The predicted molar refractivity (Wildman–Crippen MR) is 88.0 cm³/mol. The van der Waals surface area contributed by atoms with Crippen molar-refractivity contribution in [3.8, 4) is 0 Å². The second-order valence-electron chi connectivity index (χ2n) is 4.78. The Labute approximate surface area is 127 Å². The maximum Gasteiger partial charge on any atom is 0.187 e. The minimum absolute atomic E-state index is 0.128. The van der Waals surface area contributed by atoms with Crippen molar-refractivity contribution in [2.45, 2.75) is 19.4 Å². The van der Waals surface area contributed by atoms with Crippen LogP contribution >= 0.6 is 23.6 Å². The quantitative estimate of drug-likeness (QED) is 0.864. The molecular weight excluding hydrogens is 286 g/mol. The summed E-state index contributed by atoms with van der Waals surface area (Å²) in [6.45, 7) is 2.12. The standard InChI is InChI=1S/C15H15N3S2/c1-10-7-8-20-14(10)13-9-12(17-18(13)15(16)19)11-5-3-2-4-6-11/h2-8,13H,9H2,1H3,(H2,16,19). The summed E-state index contributed by atoms with van der Waals surface area (Å²) in [5.74, 6) is 0. The van der Waals surface area contributed by atoms with Crippen LogP contribution in [0.3, 0.4) is 0 Å². The third-order valence-corrected chi connectivity index (χ3v) is 4.75. The summed E-state index contributed by atoms with van der Waals surface area (Å²) in [7, 11) is 0. The Morgan fingerprint density at radius 2 is 2.10 bits per heavy atom. The molecule has 2 N–H and O–H groups in total. The van der Waals surface area contributed by atoms with Crippen LogP contribution in [0, 0.1) is 6.92 Å². The van der Waals surface area contributed by atoms with E-state index in [1.165, 1.54) is 10.4 Å². The first-order valence-electron chi connectivity index (χ1n) is 6.42. The molecule has 5 heteroatoms. The molecule has 0 spiro atoms. The van der Waals surface area contributed by atoms with Crippen molar-refractivity contribution in [1.29, 1.82) is 0 Å². The number of thiocarbonyl (C=S) groups is 1. The van der Waals surface area contributed by atoms with Gasteiger partial charge < -0.3 is 5.73 Å². The molecule has 0 saturated carbocycles. The fourth-order valence-electron chi connectivity index (χ4n) is 2.45. The van der Waals surface area contributed by atoms with Crippen LogP contribution in [0.25, 0.3) is 0 Å². The topological polar surface area (TPSA) is 41.6 Å². The number of hydrogen-bond acceptors (Lipinski definition) is 3. The van der Waals surface area contributed by atoms with Gasteiger partial charge in [-0.05, 0) is 41.7 Å². The number of nitrogens with zero attached hydrogens (tertiary/aromatic N) is 2. The van der Waals surface area contributed by atoms with Crippen molar-refractivity contribution in [3.05, 3.63) is 57.8 Å². The first kappa shape index (κ1) is 13.3. The fourth-order valence-corrected chi connectivity index (χ4v) is 3.63. The van der Waals surface area contributed by atoms with Crippen LogP contribution in [0.4, 0.5) is 0 Å². The van der Waals surface area contributed by atoms with Crippen LogP contribution in [0.5, 0.6) is 0 Å². The zero-order valence-electron chi connectivity index (χ0n) is 11.1. The Morgan fingerprint density at radius 3 is 2.70 bits per heavy atom. The number of hydrazone groups is 1. The molecule has 0 saturated heterocycles. The molecule has 0 amide bonds. The second kappa shape index (κ2) is 5.34. The van der Waals surface area contributed by atoms with Crippen LogP contribution in [0.15, 0.2) is 46.9 Å². The van der Waals surface area contributed by atoms with Gasteiger partial charge >= 0.3 is 0 Å². The van der Waals surface area contributed by atoms with Gasteiger partial charge in [-0.15, -0.1) is 11.3 Å². The van der Waals surface area contributed by atoms with Gasteiger partial charge in [-0.1, -0.05) is 30.3 Å². The van der Waals surface area contributed by atoms with Gasteiger partial charge in [0, 0.05) is 11.3 Å². The summed E-state index contributed by atoms with van der Waals surface area (Å²) in [6, 6.07) is 12.4. The lowest BCUT2D eigenvalue weighted by atomic mass is 10.0. The molecule has 3 rings (SSSR count). The number of hydrogen-bond donors (Lipinski definition) is 1. The van der Waals surface area contributed by atoms with E-state index < -0.39 is 0 Å². The van der Waals surface area contributed by atoms with E-state index in [2.05, 4.69) is 35.6 Å². The third kappa shape index (κ3) is 2.34. The van der Waals surface area contributed by atoms with Crippen LogP contribution in [0.1, 0.15) is 28.5 Å². The highest BCUT2D eigenvalue weighted by atomic mass is 32.1. The Kier molecular flexibility index (Phi) is 3.54. The van der Waals surface area contributed by atoms with E-state index in [1.807, 2.05) is 18.2 Å². The van der Waals surface area contributed by atoms with Crippen LogP contribution in [-0.4, -0.2) is 15.8 Å². The van der Waals surface area contributed by atoms with E-state index >= 15 is 0 Å². The van der Waals surface area contributed by atoms with E-state index in [4.69, 9.17) is 18.0 Å². The lowest BCUT2D eigenvalue weighted by Crippen LogP contribution is -2.31. The van der Waals surface area contributed by atoms with Crippen LogP contribution in [0.2, 0.25) is 0 Å². The van der Waals surface area contributed by atoms with E-state index in [-0.39, 0.29) is 6.04 Å². The molecule has 1 aliphatic rings. The molecule has 0 aliphatic carbocycles. The Morgan fingerprint density at radius 1 is 1.35 bits per heavy atom. The van der Waals surface area contributed by atoms with E-state index in [9.17, 15) is 0 Å². The molecule has 2 heterocycles. The van der Waals surface area contributed by atoms with Crippen molar-refractivity contribution in [1.82, 2.24) is 5.01 Å². The highest BCUT2D eigenvalue weighted by Crippen LogP contribution is 2.36. The number of nitrogens with two attached hydrogens (primary N) is 1. The molecule has 3 nitrogen and oxygen atoms in total. The van der Waals surface area contributed by atoms with Gasteiger partial charge in [0.25, 0.3) is 0 Å². The molecule has 102 valence electrons. The number of rotatable bonds is 2. The van der Waals surface area contributed by atoms with E-state index in [0.29, 0.717) is 5.11 Å². The van der Waals surface area contributed by atoms with Gasteiger partial charge in [-0.25, -0.2) is 5.01 Å². The normalized spacial score (nSPS) is 18.1. The van der Waals surface area contributed by atoms with Gasteiger partial charge in [0.2, 0.25) is 0 Å². The molecule has 1 unspecified atom stereocenters. The van der Waals surface area contributed by atoms with Gasteiger partial charge in [-0.3, -0.25) is 0 Å². The summed E-state index contributed by atoms with van der Waals surface area (Å²) in [6.07, 6.45) is 0.836. The molecule has 0 bridgehead atoms. The average Bonchev–Trinajstić information content (AvgIpc) is 3.05. The highest BCUT2D eigenvalue weighted by Gasteiger charge is 2.31. The Bertz CT molecular complexity index is 661. The molecule has 1 aromatic heterocycles. The lowest BCUT2D eigenvalue weighted by molar-refractivity contribution is 0.377. The maximum absolute atomic E-state index is 5.84. The molecule has 1 aromatic carbocycles. The summed E-state index contributed by atoms with van der Waals surface area (Å²) in [5.41, 5.74) is 9.28. The van der Waals surface area contributed by atoms with Gasteiger partial charge in [0.05, 0.1) is 11.8 Å². The Hall–Kier alpha value is -1.72. The van der Waals surface area contributed by atoms with E-state index in [1.54, 1.807) is 16.3 Å². The Balaban J connectivity index is 1.96. The molecular formula is C15H15N3S2. The maximum atomic E-state index is 5.84. The van der Waals surface area contributed by atoms with Gasteiger partial charge in [0.1, 0.15) is 0 Å². The fraction of sp³-hybridized carbons (Fsp3) is 0.200. The number of thiophene rings is 1. The third-order valence-electron chi connectivity index (χ3n) is 3.45. The van der Waals surface area contributed by atoms with Crippen molar-refractivity contribution in [2.75, 3.05) is 0 Å². The van der Waals surface area contributed by atoms with Gasteiger partial charge in [-0.2, -0.15) is 5.10 Å². The monoisotopic (exact) mass is 301 g/mol. The minimum Gasteiger partial charge on any atom is -0.375 e. The van der Waals surface area contributed by atoms with Crippen molar-refractivity contribution < 1.29 is 0 Å². The first-order chi connectivity index (χ1) is 9.66. The summed E-state index contributed by atoms with van der Waals surface area (Å²) in [5, 5.41) is 8.83.